The molecule has 2 unspecified atom stereocenters. The number of alkyl halides is 3. The topological polar surface area (TPSA) is 59.2 Å². The molecule has 2 N–H and O–H groups in total. The molecule has 1 aliphatic rings. The Hall–Kier alpha value is -1.89. The summed E-state index contributed by atoms with van der Waals surface area (Å²) in [4.78, 5) is 17.7. The first kappa shape index (κ1) is 18.4. The van der Waals surface area contributed by atoms with Crippen molar-refractivity contribution in [3.05, 3.63) is 41.2 Å². The van der Waals surface area contributed by atoms with Crippen LogP contribution in [-0.4, -0.2) is 35.4 Å². The van der Waals surface area contributed by atoms with Gasteiger partial charge in [-0.25, -0.2) is 0 Å². The number of likely N-dealkylation sites (N-methyl/N-ethyl adjacent to an activating group) is 1. The maximum atomic E-state index is 12.6. The molecule has 0 saturated heterocycles. The number of pyridine rings is 1. The number of carbonyl (C=O) groups is 1. The number of aryl methyl sites for hydroxylation is 1. The van der Waals surface area contributed by atoms with Gasteiger partial charge in [0.1, 0.15) is 0 Å². The van der Waals surface area contributed by atoms with Crippen LogP contribution < -0.4 is 5.73 Å². The van der Waals surface area contributed by atoms with E-state index in [0.29, 0.717) is 30.6 Å². The molecule has 0 radical (unpaired) electrons. The number of hydrogen-bond acceptors (Lipinski definition) is 3. The van der Waals surface area contributed by atoms with Gasteiger partial charge in [-0.2, -0.15) is 13.2 Å². The van der Waals surface area contributed by atoms with E-state index in [-0.39, 0.29) is 17.9 Å². The predicted molar refractivity (Wildman–Crippen MR) is 85.2 cm³/mol. The van der Waals surface area contributed by atoms with Crippen LogP contribution in [0.4, 0.5) is 13.2 Å². The monoisotopic (exact) mass is 341 g/mol. The van der Waals surface area contributed by atoms with E-state index in [1.54, 1.807) is 18.9 Å². The second kappa shape index (κ2) is 7.34. The van der Waals surface area contributed by atoms with Crippen molar-refractivity contribution in [1.82, 2.24) is 9.88 Å². The minimum Gasteiger partial charge on any atom is -0.345 e. The van der Waals surface area contributed by atoms with Gasteiger partial charge in [-0.3, -0.25) is 9.78 Å². The maximum absolute atomic E-state index is 12.6. The number of nitrogens with two attached hydrogens (primary N) is 1. The summed E-state index contributed by atoms with van der Waals surface area (Å²) in [5.41, 5.74) is 6.07. The molecule has 1 aromatic rings. The van der Waals surface area contributed by atoms with Gasteiger partial charge in [-0.15, -0.1) is 0 Å². The van der Waals surface area contributed by atoms with Gasteiger partial charge >= 0.3 is 6.18 Å². The summed E-state index contributed by atoms with van der Waals surface area (Å²) in [5, 5.41) is 0. The lowest BCUT2D eigenvalue weighted by atomic mass is 10.0. The fourth-order valence-electron chi connectivity index (χ4n) is 2.76. The van der Waals surface area contributed by atoms with Crippen molar-refractivity contribution < 1.29 is 18.0 Å². The Morgan fingerprint density at radius 1 is 1.42 bits per heavy atom. The smallest absolute Gasteiger partial charge is 0.345 e. The Morgan fingerprint density at radius 3 is 2.67 bits per heavy atom. The van der Waals surface area contributed by atoms with E-state index in [1.165, 1.54) is 0 Å². The van der Waals surface area contributed by atoms with Crippen LogP contribution >= 0.6 is 0 Å². The molecule has 1 aliphatic carbocycles. The SMILES string of the molecule is Cc1cc(C(F)(F)F)cnc1CCN(C)C(=O)CC1C=CC(N)C1. The van der Waals surface area contributed by atoms with E-state index in [0.717, 1.165) is 18.7 Å². The van der Waals surface area contributed by atoms with Crippen LogP contribution in [0.15, 0.2) is 24.4 Å². The van der Waals surface area contributed by atoms with E-state index in [1.807, 2.05) is 12.2 Å². The lowest BCUT2D eigenvalue weighted by molar-refractivity contribution is -0.137. The molecule has 0 spiro atoms. The molecule has 1 aromatic heterocycles. The second-order valence-corrected chi connectivity index (χ2v) is 6.30. The summed E-state index contributed by atoms with van der Waals surface area (Å²) in [6, 6.07) is 1.11. The molecule has 7 heteroatoms. The summed E-state index contributed by atoms with van der Waals surface area (Å²) in [5.74, 6) is 0.171. The quantitative estimate of drug-likeness (QED) is 0.838. The van der Waals surface area contributed by atoms with Gasteiger partial charge in [-0.05, 0) is 30.9 Å². The molecule has 4 nitrogen and oxygen atoms in total. The van der Waals surface area contributed by atoms with Gasteiger partial charge in [0.05, 0.1) is 5.56 Å². The highest BCUT2D eigenvalue weighted by molar-refractivity contribution is 5.76. The molecule has 0 bridgehead atoms. The van der Waals surface area contributed by atoms with Crippen molar-refractivity contribution in [1.29, 1.82) is 0 Å². The number of allylic oxidation sites excluding steroid dienone is 1. The Kier molecular flexibility index (Phi) is 5.64. The van der Waals surface area contributed by atoms with Crippen molar-refractivity contribution >= 4 is 5.91 Å². The van der Waals surface area contributed by atoms with Gasteiger partial charge in [-0.1, -0.05) is 12.2 Å². The fourth-order valence-corrected chi connectivity index (χ4v) is 2.76. The van der Waals surface area contributed by atoms with Gasteiger partial charge < -0.3 is 10.6 Å². The van der Waals surface area contributed by atoms with E-state index in [9.17, 15) is 18.0 Å². The standard InChI is InChI=1S/C17H22F3N3O/c1-11-7-13(17(18,19)20)10-22-15(11)5-6-23(2)16(24)9-12-3-4-14(21)8-12/h3-4,7,10,12,14H,5-6,8-9,21H2,1-2H3. The minimum absolute atomic E-state index is 0.00307. The average Bonchev–Trinajstić information content (AvgIpc) is 2.89. The molecule has 1 heterocycles. The lowest BCUT2D eigenvalue weighted by Crippen LogP contribution is -2.30. The number of amides is 1. The van der Waals surface area contributed by atoms with Crippen molar-refractivity contribution in [2.45, 2.75) is 38.4 Å². The molecule has 132 valence electrons. The second-order valence-electron chi connectivity index (χ2n) is 6.30. The van der Waals surface area contributed by atoms with Crippen LogP contribution in [-0.2, 0) is 17.4 Å². The third kappa shape index (κ3) is 4.80. The van der Waals surface area contributed by atoms with E-state index in [4.69, 9.17) is 5.73 Å². The normalized spacial score (nSPS) is 20.4. The first-order chi connectivity index (χ1) is 11.2. The van der Waals surface area contributed by atoms with E-state index >= 15 is 0 Å². The zero-order valence-corrected chi connectivity index (χ0v) is 13.8. The summed E-state index contributed by atoms with van der Waals surface area (Å²) < 4.78 is 37.9. The largest absolute Gasteiger partial charge is 0.417 e. The maximum Gasteiger partial charge on any atom is 0.417 e. The molecule has 24 heavy (non-hydrogen) atoms. The molecule has 2 atom stereocenters. The van der Waals surface area contributed by atoms with Gasteiger partial charge in [0.15, 0.2) is 0 Å². The number of carbonyl (C=O) groups excluding carboxylic acids is 1. The van der Waals surface area contributed by atoms with Crippen LogP contribution in [0, 0.1) is 12.8 Å². The highest BCUT2D eigenvalue weighted by Gasteiger charge is 2.31. The zero-order chi connectivity index (χ0) is 17.9. The lowest BCUT2D eigenvalue weighted by Gasteiger charge is -2.19. The Balaban J connectivity index is 1.88. The van der Waals surface area contributed by atoms with Crippen LogP contribution in [0.2, 0.25) is 0 Å². The van der Waals surface area contributed by atoms with Crippen molar-refractivity contribution in [2.75, 3.05) is 13.6 Å². The van der Waals surface area contributed by atoms with Gasteiger partial charge in [0.2, 0.25) is 5.91 Å². The van der Waals surface area contributed by atoms with Crippen LogP contribution in [0.3, 0.4) is 0 Å². The van der Waals surface area contributed by atoms with E-state index < -0.39 is 11.7 Å². The fraction of sp³-hybridized carbons (Fsp3) is 0.529. The minimum atomic E-state index is -4.39. The summed E-state index contributed by atoms with van der Waals surface area (Å²) in [6.07, 6.45) is 1.93. The summed E-state index contributed by atoms with van der Waals surface area (Å²) in [7, 11) is 1.69. The molecule has 0 saturated carbocycles. The van der Waals surface area contributed by atoms with Gasteiger partial charge in [0, 0.05) is 44.4 Å². The highest BCUT2D eigenvalue weighted by atomic mass is 19.4. The summed E-state index contributed by atoms with van der Waals surface area (Å²) in [6.45, 7) is 2.02. The molecule has 0 aromatic carbocycles. The van der Waals surface area contributed by atoms with E-state index in [2.05, 4.69) is 4.98 Å². The predicted octanol–water partition coefficient (Wildman–Crippen LogP) is 2.70. The molecular formula is C17H22F3N3O. The molecule has 0 aliphatic heterocycles. The number of rotatable bonds is 5. The Morgan fingerprint density at radius 2 is 2.12 bits per heavy atom. The Bertz CT molecular complexity index is 628. The number of halogens is 3. The van der Waals surface area contributed by atoms with Crippen molar-refractivity contribution in [2.24, 2.45) is 11.7 Å². The van der Waals surface area contributed by atoms with Crippen LogP contribution in [0.25, 0.3) is 0 Å². The van der Waals surface area contributed by atoms with Crippen LogP contribution in [0.5, 0.6) is 0 Å². The number of aromatic nitrogens is 1. The van der Waals surface area contributed by atoms with Crippen LogP contribution in [0.1, 0.15) is 29.7 Å². The highest BCUT2D eigenvalue weighted by Crippen LogP contribution is 2.29. The molecule has 2 rings (SSSR count). The van der Waals surface area contributed by atoms with Gasteiger partial charge in [0.25, 0.3) is 0 Å². The Labute approximate surface area is 139 Å². The number of nitrogens with zero attached hydrogens (tertiary/aromatic N) is 2. The third-order valence-electron chi connectivity index (χ3n) is 4.27. The van der Waals surface area contributed by atoms with Crippen molar-refractivity contribution in [3.8, 4) is 0 Å². The van der Waals surface area contributed by atoms with Crippen molar-refractivity contribution in [3.63, 3.8) is 0 Å². The third-order valence-corrected chi connectivity index (χ3v) is 4.27. The first-order valence-corrected chi connectivity index (χ1v) is 7.87. The molecule has 1 amide bonds. The number of hydrogen-bond donors (Lipinski definition) is 1. The molecular weight excluding hydrogens is 319 g/mol. The molecule has 0 fully saturated rings. The average molecular weight is 341 g/mol. The summed E-state index contributed by atoms with van der Waals surface area (Å²) >= 11 is 0. The zero-order valence-electron chi connectivity index (χ0n) is 13.8. The first-order valence-electron chi connectivity index (χ1n) is 7.87.